The quantitative estimate of drug-likeness (QED) is 0.298. The van der Waals surface area contributed by atoms with Gasteiger partial charge in [-0.3, -0.25) is 14.3 Å². The molecule has 1 aromatic heterocycles. The lowest BCUT2D eigenvalue weighted by Gasteiger charge is -2.46. The van der Waals surface area contributed by atoms with Crippen LogP contribution >= 0.6 is 11.3 Å². The first-order chi connectivity index (χ1) is 23.5. The van der Waals surface area contributed by atoms with Crippen LogP contribution in [0.15, 0.2) is 58.3 Å². The molecular weight excluding hydrogens is 657 g/mol. The number of methoxy groups -OCH3 is 1. The molecule has 1 unspecified atom stereocenters. The van der Waals surface area contributed by atoms with Crippen LogP contribution in [0.2, 0.25) is 0 Å². The summed E-state index contributed by atoms with van der Waals surface area (Å²) in [7, 11) is -1.73. The number of hydrogen-bond acceptors (Lipinski definition) is 8. The summed E-state index contributed by atoms with van der Waals surface area (Å²) in [6.45, 7) is 8.03. The molecule has 2 aliphatic carbocycles. The Labute approximate surface area is 293 Å². The van der Waals surface area contributed by atoms with Gasteiger partial charge in [0.25, 0.3) is 11.8 Å². The van der Waals surface area contributed by atoms with E-state index in [0.717, 1.165) is 61.6 Å². The highest BCUT2D eigenvalue weighted by Crippen LogP contribution is 2.47. The van der Waals surface area contributed by atoms with E-state index in [-0.39, 0.29) is 28.9 Å². The Kier molecular flexibility index (Phi) is 9.45. The average Bonchev–Trinajstić information content (AvgIpc) is 3.43. The summed E-state index contributed by atoms with van der Waals surface area (Å²) < 4.78 is 34.0. The van der Waals surface area contributed by atoms with E-state index in [1.807, 2.05) is 19.1 Å². The zero-order chi connectivity index (χ0) is 34.3. The smallest absolute Gasteiger partial charge is 0.286 e. The topological polar surface area (TPSA) is 110 Å². The van der Waals surface area contributed by atoms with Gasteiger partial charge in [0, 0.05) is 36.6 Å². The molecule has 1 spiro atoms. The second kappa shape index (κ2) is 13.6. The van der Waals surface area contributed by atoms with Gasteiger partial charge in [-0.15, -0.1) is 15.7 Å². The van der Waals surface area contributed by atoms with Crippen LogP contribution in [-0.2, 0) is 26.5 Å². The highest BCUT2D eigenvalue weighted by atomic mass is 32.2. The molecule has 0 radical (unpaired) electrons. The largest absolute Gasteiger partial charge is 0.490 e. The molecule has 9 nitrogen and oxygen atoms in total. The lowest BCUT2D eigenvalue weighted by molar-refractivity contribution is 0.0131. The van der Waals surface area contributed by atoms with E-state index in [0.29, 0.717) is 30.4 Å². The lowest BCUT2D eigenvalue weighted by Crippen LogP contribution is -2.49. The summed E-state index contributed by atoms with van der Waals surface area (Å²) in [5.41, 5.74) is 5.16. The van der Waals surface area contributed by atoms with Crippen LogP contribution in [-0.4, -0.2) is 59.7 Å². The Balaban J connectivity index is 1.31. The van der Waals surface area contributed by atoms with Crippen LogP contribution < -0.4 is 14.4 Å². The molecule has 11 heteroatoms. The van der Waals surface area contributed by atoms with Crippen molar-refractivity contribution in [1.29, 1.82) is 0 Å². The predicted octanol–water partition coefficient (Wildman–Crippen LogP) is 6.82. The van der Waals surface area contributed by atoms with E-state index in [1.165, 1.54) is 28.0 Å². The number of fused-ring (bicyclic) bond motifs is 4. The van der Waals surface area contributed by atoms with Crippen molar-refractivity contribution in [2.75, 3.05) is 37.5 Å². The van der Waals surface area contributed by atoms with Gasteiger partial charge in [-0.2, -0.15) is 0 Å². The number of aryl methyl sites for hydroxylation is 3. The van der Waals surface area contributed by atoms with Crippen LogP contribution in [0.1, 0.15) is 81.6 Å². The minimum Gasteiger partial charge on any atom is -0.490 e. The summed E-state index contributed by atoms with van der Waals surface area (Å²) in [6.07, 6.45) is 10.2. The second-order valence-corrected chi connectivity index (χ2v) is 17.6. The van der Waals surface area contributed by atoms with Gasteiger partial charge in [0.2, 0.25) is 0 Å². The van der Waals surface area contributed by atoms with Crippen LogP contribution in [0.3, 0.4) is 0 Å². The summed E-state index contributed by atoms with van der Waals surface area (Å²) in [6, 6.07) is 12.2. The zero-order valence-electron chi connectivity index (χ0n) is 28.8. The number of ether oxygens (including phenoxy) is 2. The fourth-order valence-corrected chi connectivity index (χ4v) is 10.7. The first-order valence-corrected chi connectivity index (χ1v) is 20.0. The summed E-state index contributed by atoms with van der Waals surface area (Å²) in [5, 5.41) is 2.34. The molecule has 1 fully saturated rings. The van der Waals surface area contributed by atoms with E-state index in [1.54, 1.807) is 25.5 Å². The molecule has 6 atom stereocenters. The van der Waals surface area contributed by atoms with E-state index < -0.39 is 21.7 Å². The maximum atomic E-state index is 14.4. The van der Waals surface area contributed by atoms with Crippen molar-refractivity contribution in [3.8, 4) is 5.75 Å². The predicted molar refractivity (Wildman–Crippen MR) is 194 cm³/mol. The van der Waals surface area contributed by atoms with Crippen LogP contribution in [0.5, 0.6) is 5.75 Å². The number of anilines is 1. The molecule has 2 bridgehead atoms. The third kappa shape index (κ3) is 6.94. The molecule has 49 heavy (non-hydrogen) atoms. The molecule has 4 aliphatic rings. The first-order valence-electron chi connectivity index (χ1n) is 17.4. The first kappa shape index (κ1) is 33.9. The van der Waals surface area contributed by atoms with E-state index >= 15 is 0 Å². The Hall–Kier alpha value is -3.54. The minimum atomic E-state index is -3.50. The van der Waals surface area contributed by atoms with Crippen molar-refractivity contribution in [3.05, 3.63) is 86.9 Å². The number of rotatable bonds is 3. The van der Waals surface area contributed by atoms with Crippen molar-refractivity contribution in [3.63, 3.8) is 0 Å². The number of carbonyl (C=O) groups excluding carboxylic acids is 2. The highest BCUT2D eigenvalue weighted by Gasteiger charge is 2.44. The van der Waals surface area contributed by atoms with Crippen LogP contribution in [0, 0.1) is 31.6 Å². The number of aromatic nitrogens is 1. The fraction of sp³-hybridized carbons (Fsp3) is 0.500. The fourth-order valence-electron chi connectivity index (χ4n) is 8.19. The van der Waals surface area contributed by atoms with Gasteiger partial charge in [-0.1, -0.05) is 42.8 Å². The number of carbonyl (C=O) groups is 2. The standard InChI is InChI=1S/C38H46N4O5S2/c1-24-10-14-31-27(17-24)8-6-16-38(31)22-42-19-29-11-13-30(29)34(46-4)9-5-7-25(2)21-49(45,41-37(44)32-20-48-26(3)39-32)40-36(43)28-12-15-35(47-23-38)33(42)18-28/h5,9-10,12,14-15,17-18,20,25,29-30,34H,6-8,11,13,16,19,21-23H2,1-4H3,(H,40,41,43,44,45)/b9-5+/t25-,29-,30+,34-,38-,49?/m0/s1. The number of hydrogen-bond donors (Lipinski definition) is 1. The normalized spacial score (nSPS) is 30.5. The molecule has 2 aromatic carbocycles. The maximum absolute atomic E-state index is 14.4. The van der Waals surface area contributed by atoms with Crippen molar-refractivity contribution in [2.24, 2.45) is 22.1 Å². The average molecular weight is 703 g/mol. The maximum Gasteiger partial charge on any atom is 0.286 e. The molecular formula is C38H46N4O5S2. The number of benzene rings is 2. The Morgan fingerprint density at radius 3 is 2.80 bits per heavy atom. The Bertz CT molecular complexity index is 1910. The Morgan fingerprint density at radius 1 is 1.18 bits per heavy atom. The van der Waals surface area contributed by atoms with Crippen LogP contribution in [0.25, 0.3) is 0 Å². The van der Waals surface area contributed by atoms with E-state index in [9.17, 15) is 13.8 Å². The number of thiazole rings is 1. The zero-order valence-corrected chi connectivity index (χ0v) is 30.4. The third-order valence-electron chi connectivity index (χ3n) is 10.8. The van der Waals surface area contributed by atoms with Gasteiger partial charge < -0.3 is 14.4 Å². The summed E-state index contributed by atoms with van der Waals surface area (Å²) in [5.74, 6) is 0.159. The molecule has 2 amide bonds. The molecule has 3 heterocycles. The van der Waals surface area contributed by atoms with Gasteiger partial charge >= 0.3 is 0 Å². The Morgan fingerprint density at radius 2 is 2.04 bits per heavy atom. The summed E-state index contributed by atoms with van der Waals surface area (Å²) in [4.78, 5) is 33.8. The molecule has 3 aromatic rings. The van der Waals surface area contributed by atoms with Gasteiger partial charge in [0.15, 0.2) is 0 Å². The highest BCUT2D eigenvalue weighted by molar-refractivity contribution is 7.92. The monoisotopic (exact) mass is 702 g/mol. The molecule has 7 rings (SSSR count). The van der Waals surface area contributed by atoms with E-state index in [4.69, 9.17) is 9.47 Å². The molecule has 260 valence electrons. The molecule has 0 saturated heterocycles. The van der Waals surface area contributed by atoms with Crippen molar-refractivity contribution < 1.29 is 23.3 Å². The van der Waals surface area contributed by atoms with Crippen molar-refractivity contribution in [1.82, 2.24) is 9.71 Å². The van der Waals surface area contributed by atoms with Gasteiger partial charge in [-0.05, 0) is 99.5 Å². The SMILES string of the molecule is CO[C@H]1/C=C/C[C@H](C)CS(=O)(NC(=O)c2csc(C)n2)=NC(=O)c2ccc3c(c2)N(C[C@@H]2CC[C@H]21)C[C@@]1(CCCc2cc(C)ccc21)CO3. The van der Waals surface area contributed by atoms with Gasteiger partial charge in [-0.25, -0.2) is 9.19 Å². The van der Waals surface area contributed by atoms with Crippen molar-refractivity contribution in [2.45, 2.75) is 70.8 Å². The number of nitrogens with zero attached hydrogens (tertiary/aromatic N) is 3. The van der Waals surface area contributed by atoms with Crippen molar-refractivity contribution >= 4 is 38.8 Å². The minimum absolute atomic E-state index is 0.0171. The third-order valence-corrected chi connectivity index (χ3v) is 13.6. The number of allylic oxidation sites excluding steroid dienone is 1. The van der Waals surface area contributed by atoms with Gasteiger partial charge in [0.1, 0.15) is 21.4 Å². The van der Waals surface area contributed by atoms with Crippen LogP contribution in [0.4, 0.5) is 5.69 Å². The number of nitrogens with one attached hydrogen (secondary N) is 1. The molecule has 1 saturated carbocycles. The number of amides is 2. The second-order valence-electron chi connectivity index (χ2n) is 14.5. The van der Waals surface area contributed by atoms with E-state index in [2.05, 4.69) is 56.2 Å². The van der Waals surface area contributed by atoms with Gasteiger partial charge in [0.05, 0.1) is 29.2 Å². The summed E-state index contributed by atoms with van der Waals surface area (Å²) >= 11 is 1.33. The molecule has 1 N–H and O–H groups in total. The molecule has 2 aliphatic heterocycles. The lowest BCUT2D eigenvalue weighted by atomic mass is 9.68.